The molecule has 1 aromatic rings. The van der Waals surface area contributed by atoms with Gasteiger partial charge >= 0.3 is 0 Å². The maximum atomic E-state index is 12.1. The molecule has 0 bridgehead atoms. The number of rotatable bonds is 4. The maximum Gasteiger partial charge on any atom is 0.236 e. The van der Waals surface area contributed by atoms with Gasteiger partial charge in [-0.25, -0.2) is 0 Å². The van der Waals surface area contributed by atoms with Gasteiger partial charge in [0.05, 0.1) is 6.54 Å². The minimum Gasteiger partial charge on any atom is -0.342 e. The Morgan fingerprint density at radius 3 is 2.50 bits per heavy atom. The van der Waals surface area contributed by atoms with Crippen LogP contribution in [-0.4, -0.2) is 42.4 Å². The second-order valence-electron chi connectivity index (χ2n) is 5.10. The summed E-state index contributed by atoms with van der Waals surface area (Å²) >= 11 is 0. The van der Waals surface area contributed by atoms with E-state index in [9.17, 15) is 4.79 Å². The van der Waals surface area contributed by atoms with Crippen molar-refractivity contribution < 1.29 is 4.79 Å². The van der Waals surface area contributed by atoms with Crippen LogP contribution in [0.3, 0.4) is 0 Å². The number of carbonyl (C=O) groups excluding carboxylic acids is 1. The molecule has 0 N–H and O–H groups in total. The quantitative estimate of drug-likeness (QED) is 0.812. The van der Waals surface area contributed by atoms with Gasteiger partial charge < -0.3 is 4.90 Å². The summed E-state index contributed by atoms with van der Waals surface area (Å²) in [6.07, 6.45) is 3.59. The Hall–Kier alpha value is -1.35. The molecule has 98 valence electrons. The molecular weight excluding hydrogens is 224 g/mol. The van der Waals surface area contributed by atoms with Crippen LogP contribution in [0.25, 0.3) is 0 Å². The van der Waals surface area contributed by atoms with Crippen LogP contribution in [-0.2, 0) is 11.3 Å². The van der Waals surface area contributed by atoms with E-state index in [0.717, 1.165) is 32.5 Å². The van der Waals surface area contributed by atoms with Crippen LogP contribution in [0.4, 0.5) is 0 Å². The predicted molar refractivity (Wildman–Crippen MR) is 73.2 cm³/mol. The molecule has 3 nitrogen and oxygen atoms in total. The highest BCUT2D eigenvalue weighted by molar-refractivity contribution is 5.78. The Labute approximate surface area is 109 Å². The molecule has 1 fully saturated rings. The Kier molecular flexibility index (Phi) is 4.76. The number of likely N-dealkylation sites (N-methyl/N-ethyl adjacent to an activating group) is 1. The standard InChI is InChI=1S/C15H22N2O/c1-16(12-14-8-4-2-5-9-14)13-15(18)17-10-6-3-7-11-17/h2,4-5,8-9H,3,6-7,10-13H2,1H3. The maximum absolute atomic E-state index is 12.1. The number of hydrogen-bond acceptors (Lipinski definition) is 2. The fourth-order valence-electron chi connectivity index (χ4n) is 2.43. The average Bonchev–Trinajstić information content (AvgIpc) is 2.40. The summed E-state index contributed by atoms with van der Waals surface area (Å²) in [5.74, 6) is 0.271. The van der Waals surface area contributed by atoms with E-state index in [1.807, 2.05) is 30.1 Å². The minimum atomic E-state index is 0.271. The Bertz CT molecular complexity index is 371. The molecule has 1 aromatic carbocycles. The van der Waals surface area contributed by atoms with Gasteiger partial charge in [0.15, 0.2) is 0 Å². The summed E-state index contributed by atoms with van der Waals surface area (Å²) in [4.78, 5) is 16.2. The fourth-order valence-corrected chi connectivity index (χ4v) is 2.43. The van der Waals surface area contributed by atoms with Crippen molar-refractivity contribution in [1.82, 2.24) is 9.80 Å². The minimum absolute atomic E-state index is 0.271. The molecule has 1 aliphatic heterocycles. The van der Waals surface area contributed by atoms with Crippen LogP contribution >= 0.6 is 0 Å². The molecule has 1 heterocycles. The van der Waals surface area contributed by atoms with Crippen molar-refractivity contribution in [3.8, 4) is 0 Å². The summed E-state index contributed by atoms with van der Waals surface area (Å²) in [7, 11) is 2.01. The highest BCUT2D eigenvalue weighted by atomic mass is 16.2. The van der Waals surface area contributed by atoms with Crippen LogP contribution in [0.2, 0.25) is 0 Å². The van der Waals surface area contributed by atoms with E-state index in [2.05, 4.69) is 17.0 Å². The summed E-state index contributed by atoms with van der Waals surface area (Å²) in [5, 5.41) is 0. The Morgan fingerprint density at radius 2 is 1.83 bits per heavy atom. The fraction of sp³-hybridized carbons (Fsp3) is 0.533. The van der Waals surface area contributed by atoms with Gasteiger partial charge in [-0.05, 0) is 31.9 Å². The molecular formula is C15H22N2O. The van der Waals surface area contributed by atoms with Gasteiger partial charge in [-0.2, -0.15) is 0 Å². The molecule has 0 spiro atoms. The molecule has 1 aliphatic rings. The number of piperidine rings is 1. The summed E-state index contributed by atoms with van der Waals surface area (Å²) < 4.78 is 0. The lowest BCUT2D eigenvalue weighted by Gasteiger charge is -2.28. The van der Waals surface area contributed by atoms with Crippen LogP contribution in [0.15, 0.2) is 30.3 Å². The van der Waals surface area contributed by atoms with Gasteiger partial charge in [0.1, 0.15) is 0 Å². The lowest BCUT2D eigenvalue weighted by atomic mass is 10.1. The van der Waals surface area contributed by atoms with Crippen molar-refractivity contribution in [2.24, 2.45) is 0 Å². The van der Waals surface area contributed by atoms with Crippen molar-refractivity contribution in [3.63, 3.8) is 0 Å². The molecule has 0 atom stereocenters. The van der Waals surface area contributed by atoms with Crippen molar-refractivity contribution in [2.75, 3.05) is 26.7 Å². The first-order valence-electron chi connectivity index (χ1n) is 6.76. The molecule has 1 saturated heterocycles. The van der Waals surface area contributed by atoms with Crippen LogP contribution in [0.5, 0.6) is 0 Å². The lowest BCUT2D eigenvalue weighted by molar-refractivity contribution is -0.133. The van der Waals surface area contributed by atoms with Gasteiger partial charge in [-0.3, -0.25) is 9.69 Å². The van der Waals surface area contributed by atoms with Gasteiger partial charge in [-0.1, -0.05) is 30.3 Å². The molecule has 2 rings (SSSR count). The number of benzene rings is 1. The molecule has 0 saturated carbocycles. The molecule has 3 heteroatoms. The summed E-state index contributed by atoms with van der Waals surface area (Å²) in [5.41, 5.74) is 1.26. The molecule has 0 aromatic heterocycles. The summed E-state index contributed by atoms with van der Waals surface area (Å²) in [6, 6.07) is 10.3. The van der Waals surface area contributed by atoms with Crippen LogP contribution in [0, 0.1) is 0 Å². The monoisotopic (exact) mass is 246 g/mol. The lowest BCUT2D eigenvalue weighted by Crippen LogP contribution is -2.41. The largest absolute Gasteiger partial charge is 0.342 e. The van der Waals surface area contributed by atoms with E-state index < -0.39 is 0 Å². The predicted octanol–water partition coefficient (Wildman–Crippen LogP) is 2.13. The normalized spacial score (nSPS) is 16.0. The zero-order valence-electron chi connectivity index (χ0n) is 11.1. The van der Waals surface area contributed by atoms with Crippen molar-refractivity contribution >= 4 is 5.91 Å². The van der Waals surface area contributed by atoms with E-state index in [-0.39, 0.29) is 5.91 Å². The second kappa shape index (κ2) is 6.55. The topological polar surface area (TPSA) is 23.6 Å². The summed E-state index contributed by atoms with van der Waals surface area (Å²) in [6.45, 7) is 3.24. The van der Waals surface area contributed by atoms with Crippen molar-refractivity contribution in [1.29, 1.82) is 0 Å². The van der Waals surface area contributed by atoms with Gasteiger partial charge in [0, 0.05) is 19.6 Å². The Morgan fingerprint density at radius 1 is 1.17 bits per heavy atom. The second-order valence-corrected chi connectivity index (χ2v) is 5.10. The highest BCUT2D eigenvalue weighted by Gasteiger charge is 2.17. The van der Waals surface area contributed by atoms with Crippen LogP contribution < -0.4 is 0 Å². The number of amides is 1. The first-order chi connectivity index (χ1) is 8.75. The molecule has 1 amide bonds. The number of carbonyl (C=O) groups is 1. The number of nitrogens with zero attached hydrogens (tertiary/aromatic N) is 2. The third-order valence-electron chi connectivity index (χ3n) is 3.41. The zero-order chi connectivity index (χ0) is 12.8. The van der Waals surface area contributed by atoms with Gasteiger partial charge in [0.25, 0.3) is 0 Å². The van der Waals surface area contributed by atoms with E-state index in [4.69, 9.17) is 0 Å². The first kappa shape index (κ1) is 13.1. The third kappa shape index (κ3) is 3.84. The van der Waals surface area contributed by atoms with E-state index in [0.29, 0.717) is 6.54 Å². The smallest absolute Gasteiger partial charge is 0.236 e. The zero-order valence-corrected chi connectivity index (χ0v) is 11.1. The highest BCUT2D eigenvalue weighted by Crippen LogP contribution is 2.09. The SMILES string of the molecule is CN(CC(=O)N1CCCCC1)Cc1ccccc1. The van der Waals surface area contributed by atoms with Crippen molar-refractivity contribution in [2.45, 2.75) is 25.8 Å². The first-order valence-corrected chi connectivity index (χ1v) is 6.76. The van der Waals surface area contributed by atoms with Gasteiger partial charge in [-0.15, -0.1) is 0 Å². The molecule has 0 unspecified atom stereocenters. The Balaban J connectivity index is 1.79. The van der Waals surface area contributed by atoms with Crippen molar-refractivity contribution in [3.05, 3.63) is 35.9 Å². The molecule has 18 heavy (non-hydrogen) atoms. The molecule has 0 aliphatic carbocycles. The van der Waals surface area contributed by atoms with E-state index in [1.165, 1.54) is 12.0 Å². The van der Waals surface area contributed by atoms with E-state index >= 15 is 0 Å². The number of likely N-dealkylation sites (tertiary alicyclic amines) is 1. The van der Waals surface area contributed by atoms with E-state index in [1.54, 1.807) is 0 Å². The van der Waals surface area contributed by atoms with Crippen LogP contribution in [0.1, 0.15) is 24.8 Å². The number of hydrogen-bond donors (Lipinski definition) is 0. The average molecular weight is 246 g/mol. The molecule has 0 radical (unpaired) electrons. The third-order valence-corrected chi connectivity index (χ3v) is 3.41. The van der Waals surface area contributed by atoms with Gasteiger partial charge in [0.2, 0.25) is 5.91 Å².